The molecular formula is C18H15ClF3N3O3. The lowest BCUT2D eigenvalue weighted by atomic mass is 10.2. The SMILES string of the molecule is COCc1ccc(C(=O)Nc2cc(C)nn2-c2cc(C(F)(F)F)ccc2Cl)o1. The number of ether oxygens (including phenoxy) is 1. The fourth-order valence-electron chi connectivity index (χ4n) is 2.52. The Bertz CT molecular complexity index is 1010. The number of hydrogen-bond acceptors (Lipinski definition) is 4. The predicted molar refractivity (Wildman–Crippen MR) is 95.7 cm³/mol. The molecule has 0 radical (unpaired) electrons. The maximum Gasteiger partial charge on any atom is 0.416 e. The minimum absolute atomic E-state index is 0.0144. The summed E-state index contributed by atoms with van der Waals surface area (Å²) in [4.78, 5) is 12.4. The zero-order valence-corrected chi connectivity index (χ0v) is 15.6. The number of carbonyl (C=O) groups excluding carboxylic acids is 1. The molecule has 0 spiro atoms. The summed E-state index contributed by atoms with van der Waals surface area (Å²) in [6.07, 6.45) is -4.54. The maximum absolute atomic E-state index is 13.1. The minimum Gasteiger partial charge on any atom is -0.453 e. The number of nitrogens with zero attached hydrogens (tertiary/aromatic N) is 2. The molecule has 10 heteroatoms. The average Bonchev–Trinajstić information content (AvgIpc) is 3.21. The standard InChI is InChI=1S/C18H15ClF3N3O3/c1-10-7-16(23-17(26)15-6-4-12(28-15)9-27-2)25(24-10)14-8-11(18(20,21)22)3-5-13(14)19/h3-8H,9H2,1-2H3,(H,23,26). The van der Waals surface area contributed by atoms with Gasteiger partial charge < -0.3 is 14.5 Å². The third-order valence-electron chi connectivity index (χ3n) is 3.75. The van der Waals surface area contributed by atoms with Crippen LogP contribution in [0.5, 0.6) is 0 Å². The lowest BCUT2D eigenvalue weighted by Crippen LogP contribution is -2.15. The second kappa shape index (κ2) is 7.69. The van der Waals surface area contributed by atoms with E-state index >= 15 is 0 Å². The highest BCUT2D eigenvalue weighted by molar-refractivity contribution is 6.32. The second-order valence-corrected chi connectivity index (χ2v) is 6.31. The van der Waals surface area contributed by atoms with Crippen LogP contribution in [0, 0.1) is 6.92 Å². The molecule has 0 fully saturated rings. The van der Waals surface area contributed by atoms with Gasteiger partial charge >= 0.3 is 6.18 Å². The first-order valence-electron chi connectivity index (χ1n) is 8.02. The average molecular weight is 414 g/mol. The number of alkyl halides is 3. The van der Waals surface area contributed by atoms with Crippen LogP contribution in [-0.2, 0) is 17.5 Å². The van der Waals surface area contributed by atoms with Crippen molar-refractivity contribution in [3.63, 3.8) is 0 Å². The normalized spacial score (nSPS) is 11.6. The van der Waals surface area contributed by atoms with Gasteiger partial charge in [0.1, 0.15) is 18.2 Å². The summed E-state index contributed by atoms with van der Waals surface area (Å²) in [5, 5.41) is 6.77. The second-order valence-electron chi connectivity index (χ2n) is 5.90. The van der Waals surface area contributed by atoms with Crippen LogP contribution in [0.3, 0.4) is 0 Å². The number of aryl methyl sites for hydroxylation is 1. The highest BCUT2D eigenvalue weighted by Crippen LogP contribution is 2.34. The van der Waals surface area contributed by atoms with Crippen LogP contribution in [0.2, 0.25) is 5.02 Å². The molecule has 0 atom stereocenters. The Balaban J connectivity index is 1.94. The molecule has 0 aliphatic heterocycles. The van der Waals surface area contributed by atoms with Crippen LogP contribution in [0.25, 0.3) is 5.69 Å². The molecule has 0 saturated carbocycles. The summed E-state index contributed by atoms with van der Waals surface area (Å²) in [6, 6.07) is 7.44. The van der Waals surface area contributed by atoms with Gasteiger partial charge in [-0.2, -0.15) is 18.3 Å². The van der Waals surface area contributed by atoms with Gasteiger partial charge in [0.25, 0.3) is 5.91 Å². The van der Waals surface area contributed by atoms with Crippen molar-refractivity contribution in [2.75, 3.05) is 12.4 Å². The van der Waals surface area contributed by atoms with E-state index in [0.29, 0.717) is 11.5 Å². The minimum atomic E-state index is -4.54. The van der Waals surface area contributed by atoms with E-state index < -0.39 is 17.6 Å². The summed E-state index contributed by atoms with van der Waals surface area (Å²) in [5.41, 5.74) is -0.421. The van der Waals surface area contributed by atoms with Gasteiger partial charge in [-0.3, -0.25) is 4.79 Å². The largest absolute Gasteiger partial charge is 0.453 e. The number of benzene rings is 1. The number of anilines is 1. The van der Waals surface area contributed by atoms with E-state index in [1.165, 1.54) is 19.2 Å². The summed E-state index contributed by atoms with van der Waals surface area (Å²) in [6.45, 7) is 1.83. The van der Waals surface area contributed by atoms with Gasteiger partial charge in [0.2, 0.25) is 0 Å². The molecule has 2 heterocycles. The molecule has 0 bridgehead atoms. The molecule has 3 rings (SSSR count). The maximum atomic E-state index is 13.1. The Labute approximate surface area is 162 Å². The third kappa shape index (κ3) is 4.20. The first-order valence-corrected chi connectivity index (χ1v) is 8.39. The number of amides is 1. The Hall–Kier alpha value is -2.78. The van der Waals surface area contributed by atoms with Crippen LogP contribution < -0.4 is 5.32 Å². The van der Waals surface area contributed by atoms with Gasteiger partial charge in [0, 0.05) is 13.2 Å². The smallest absolute Gasteiger partial charge is 0.416 e. The van der Waals surface area contributed by atoms with E-state index in [-0.39, 0.29) is 28.9 Å². The molecule has 1 aromatic carbocycles. The molecule has 148 valence electrons. The number of aromatic nitrogens is 2. The molecule has 6 nitrogen and oxygen atoms in total. The third-order valence-corrected chi connectivity index (χ3v) is 4.07. The van der Waals surface area contributed by atoms with E-state index in [1.54, 1.807) is 13.0 Å². The molecule has 3 aromatic rings. The highest BCUT2D eigenvalue weighted by Gasteiger charge is 2.31. The van der Waals surface area contributed by atoms with Crippen LogP contribution in [-0.4, -0.2) is 22.8 Å². The molecule has 28 heavy (non-hydrogen) atoms. The molecule has 0 unspecified atom stereocenters. The van der Waals surface area contributed by atoms with Gasteiger partial charge in [-0.15, -0.1) is 0 Å². The van der Waals surface area contributed by atoms with Crippen molar-refractivity contribution in [3.8, 4) is 5.69 Å². The molecule has 1 amide bonds. The van der Waals surface area contributed by atoms with Crippen molar-refractivity contribution in [2.24, 2.45) is 0 Å². The fourth-order valence-corrected chi connectivity index (χ4v) is 2.72. The first-order chi connectivity index (χ1) is 13.2. The summed E-state index contributed by atoms with van der Waals surface area (Å²) < 4.78 is 50.6. The van der Waals surface area contributed by atoms with Crippen molar-refractivity contribution in [1.82, 2.24) is 9.78 Å². The van der Waals surface area contributed by atoms with Crippen LogP contribution in [0.4, 0.5) is 19.0 Å². The quantitative estimate of drug-likeness (QED) is 0.649. The monoisotopic (exact) mass is 413 g/mol. The van der Waals surface area contributed by atoms with Crippen molar-refractivity contribution in [3.05, 3.63) is 64.2 Å². The lowest BCUT2D eigenvalue weighted by Gasteiger charge is -2.13. The van der Waals surface area contributed by atoms with Crippen LogP contribution >= 0.6 is 11.6 Å². The summed E-state index contributed by atoms with van der Waals surface area (Å²) in [5.74, 6) is 0.0332. The summed E-state index contributed by atoms with van der Waals surface area (Å²) >= 11 is 6.08. The number of carbonyl (C=O) groups is 1. The van der Waals surface area contributed by atoms with Crippen LogP contribution in [0.1, 0.15) is 27.6 Å². The van der Waals surface area contributed by atoms with Crippen molar-refractivity contribution < 1.29 is 27.1 Å². The Morgan fingerprint density at radius 3 is 2.71 bits per heavy atom. The fraction of sp³-hybridized carbons (Fsp3) is 0.222. The molecule has 1 N–H and O–H groups in total. The zero-order valence-electron chi connectivity index (χ0n) is 14.8. The topological polar surface area (TPSA) is 69.3 Å². The van der Waals surface area contributed by atoms with Gasteiger partial charge in [0.15, 0.2) is 5.76 Å². The zero-order chi connectivity index (χ0) is 20.5. The van der Waals surface area contributed by atoms with Crippen molar-refractivity contribution in [2.45, 2.75) is 19.7 Å². The number of hydrogen-bond donors (Lipinski definition) is 1. The molecule has 0 aliphatic rings. The Morgan fingerprint density at radius 2 is 2.04 bits per heavy atom. The Kier molecular flexibility index (Phi) is 5.48. The van der Waals surface area contributed by atoms with Crippen LogP contribution in [0.15, 0.2) is 40.8 Å². The van der Waals surface area contributed by atoms with Gasteiger partial charge in [-0.1, -0.05) is 11.6 Å². The molecule has 2 aromatic heterocycles. The number of furan rings is 1. The molecular weight excluding hydrogens is 399 g/mol. The highest BCUT2D eigenvalue weighted by atomic mass is 35.5. The number of nitrogens with one attached hydrogen (secondary N) is 1. The van der Waals surface area contributed by atoms with Gasteiger partial charge in [0.05, 0.1) is 22.0 Å². The molecule has 0 aliphatic carbocycles. The number of methoxy groups -OCH3 is 1. The summed E-state index contributed by atoms with van der Waals surface area (Å²) in [7, 11) is 1.49. The van der Waals surface area contributed by atoms with Crippen molar-refractivity contribution >= 4 is 23.3 Å². The van der Waals surface area contributed by atoms with E-state index in [1.807, 2.05) is 0 Å². The van der Waals surface area contributed by atoms with Gasteiger partial charge in [-0.05, 0) is 37.3 Å². The van der Waals surface area contributed by atoms with E-state index in [0.717, 1.165) is 22.9 Å². The van der Waals surface area contributed by atoms with Crippen molar-refractivity contribution in [1.29, 1.82) is 0 Å². The lowest BCUT2D eigenvalue weighted by molar-refractivity contribution is -0.137. The predicted octanol–water partition coefficient (Wildman–Crippen LogP) is 4.84. The molecule has 0 saturated heterocycles. The van der Waals surface area contributed by atoms with Gasteiger partial charge in [-0.25, -0.2) is 4.68 Å². The first kappa shape index (κ1) is 20.0. The van der Waals surface area contributed by atoms with E-state index in [2.05, 4.69) is 10.4 Å². The number of rotatable bonds is 5. The Morgan fingerprint density at radius 1 is 1.29 bits per heavy atom. The number of halogens is 4. The van der Waals surface area contributed by atoms with E-state index in [4.69, 9.17) is 20.8 Å². The van der Waals surface area contributed by atoms with E-state index in [9.17, 15) is 18.0 Å².